The van der Waals surface area contributed by atoms with E-state index in [9.17, 15) is 4.79 Å². The summed E-state index contributed by atoms with van der Waals surface area (Å²) in [5.74, 6) is 1.00. The molecule has 0 atom stereocenters. The van der Waals surface area contributed by atoms with Crippen LogP contribution in [-0.4, -0.2) is 32.6 Å². The molecule has 3 heterocycles. The summed E-state index contributed by atoms with van der Waals surface area (Å²) in [7, 11) is 0. The van der Waals surface area contributed by atoms with Crippen molar-refractivity contribution in [1.29, 1.82) is 0 Å². The van der Waals surface area contributed by atoms with Crippen LogP contribution in [0.25, 0.3) is 11.0 Å². The highest BCUT2D eigenvalue weighted by Gasteiger charge is 2.10. The molecule has 0 bridgehead atoms. The predicted octanol–water partition coefficient (Wildman–Crippen LogP) is 4.85. The molecule has 1 aliphatic rings. The monoisotopic (exact) mass is 402 g/mol. The molecule has 3 aromatic rings. The lowest BCUT2D eigenvalue weighted by Crippen LogP contribution is -2.13. The zero-order valence-corrected chi connectivity index (χ0v) is 16.1. The highest BCUT2D eigenvalue weighted by atomic mass is 35.5. The lowest BCUT2D eigenvalue weighted by molar-refractivity contribution is 0.104. The van der Waals surface area contributed by atoms with Gasteiger partial charge in [0, 0.05) is 35.1 Å². The van der Waals surface area contributed by atoms with E-state index < -0.39 is 0 Å². The zero-order chi connectivity index (χ0) is 17.9. The van der Waals surface area contributed by atoms with E-state index in [1.54, 1.807) is 30.0 Å². The van der Waals surface area contributed by atoms with Crippen LogP contribution in [0.2, 0.25) is 5.15 Å². The normalized spacial score (nSPS) is 14.7. The van der Waals surface area contributed by atoms with Crippen molar-refractivity contribution < 1.29 is 4.79 Å². The van der Waals surface area contributed by atoms with Gasteiger partial charge < -0.3 is 5.32 Å². The fraction of sp³-hybridized carbons (Fsp3) is 0.167. The Bertz CT molecular complexity index is 1000. The third-order valence-corrected chi connectivity index (χ3v) is 5.90. The van der Waals surface area contributed by atoms with E-state index >= 15 is 0 Å². The average molecular weight is 403 g/mol. The molecule has 2 aromatic heterocycles. The number of halogens is 1. The Morgan fingerprint density at radius 1 is 1.31 bits per heavy atom. The molecule has 4 rings (SSSR count). The molecular weight excluding hydrogens is 388 g/mol. The van der Waals surface area contributed by atoms with Crippen LogP contribution >= 0.6 is 34.7 Å². The summed E-state index contributed by atoms with van der Waals surface area (Å²) in [6.45, 7) is 0.866. The first kappa shape index (κ1) is 17.3. The highest BCUT2D eigenvalue weighted by Crippen LogP contribution is 2.23. The molecule has 0 saturated carbocycles. The van der Waals surface area contributed by atoms with Crippen LogP contribution < -0.4 is 5.32 Å². The van der Waals surface area contributed by atoms with E-state index in [0.717, 1.165) is 34.5 Å². The van der Waals surface area contributed by atoms with Crippen molar-refractivity contribution in [3.05, 3.63) is 58.3 Å². The Balaban J connectivity index is 1.47. The number of hydrogen-bond acceptors (Lipinski definition) is 6. The molecule has 0 unspecified atom stereocenters. The molecule has 0 aliphatic carbocycles. The van der Waals surface area contributed by atoms with E-state index in [4.69, 9.17) is 11.6 Å². The zero-order valence-electron chi connectivity index (χ0n) is 13.7. The van der Waals surface area contributed by atoms with Crippen LogP contribution in [0.5, 0.6) is 0 Å². The van der Waals surface area contributed by atoms with Gasteiger partial charge in [-0.2, -0.15) is 0 Å². The largest absolute Gasteiger partial charge is 0.335 e. The molecular formula is C18H15ClN4OS2. The highest BCUT2D eigenvalue weighted by molar-refractivity contribution is 8.14. The number of thioether (sulfide) groups is 1. The first-order valence-electron chi connectivity index (χ1n) is 8.08. The predicted molar refractivity (Wildman–Crippen MR) is 111 cm³/mol. The number of nitrogens with zero attached hydrogens (tertiary/aromatic N) is 3. The first-order valence-corrected chi connectivity index (χ1v) is 10.3. The van der Waals surface area contributed by atoms with Crippen LogP contribution in [0.15, 0.2) is 46.9 Å². The van der Waals surface area contributed by atoms with Gasteiger partial charge in [-0.05, 0) is 42.8 Å². The molecule has 8 heteroatoms. The summed E-state index contributed by atoms with van der Waals surface area (Å²) in [5.41, 5.74) is 2.26. The van der Waals surface area contributed by atoms with Crippen molar-refractivity contribution in [2.24, 2.45) is 4.99 Å². The first-order chi connectivity index (χ1) is 12.7. The Hall–Kier alpha value is -2.09. The number of rotatable bonds is 4. The Morgan fingerprint density at radius 3 is 2.92 bits per heavy atom. The van der Waals surface area contributed by atoms with Gasteiger partial charge in [0.15, 0.2) is 21.1 Å². The van der Waals surface area contributed by atoms with E-state index in [1.807, 2.05) is 28.1 Å². The number of hydrogen-bond donors (Lipinski definition) is 1. The standard InChI is InChI=1S/C18H15ClN4OS2/c19-16-14(23-9-11-26-18(23)22-16)6-7-15(24)12-2-4-13(5-3-12)21-17-20-8-1-10-25-17/h2-7,9,11H,1,8,10H2,(H,20,21)/b7-6+. The number of ketones is 1. The summed E-state index contributed by atoms with van der Waals surface area (Å²) in [6.07, 6.45) is 6.23. The summed E-state index contributed by atoms with van der Waals surface area (Å²) < 4.78 is 1.87. The number of carbonyl (C=O) groups excluding carboxylic acids is 1. The van der Waals surface area contributed by atoms with Gasteiger partial charge in [0.25, 0.3) is 0 Å². The van der Waals surface area contributed by atoms with Gasteiger partial charge in [-0.15, -0.1) is 11.3 Å². The second kappa shape index (κ2) is 7.65. The summed E-state index contributed by atoms with van der Waals surface area (Å²) in [6, 6.07) is 7.39. The smallest absolute Gasteiger partial charge is 0.195 e. The van der Waals surface area contributed by atoms with Gasteiger partial charge in [0.1, 0.15) is 0 Å². The minimum Gasteiger partial charge on any atom is -0.335 e. The number of aromatic nitrogens is 2. The van der Waals surface area contributed by atoms with Crippen LogP contribution in [0.4, 0.5) is 5.69 Å². The molecule has 1 N–H and O–H groups in total. The maximum atomic E-state index is 12.4. The van der Waals surface area contributed by atoms with Gasteiger partial charge >= 0.3 is 0 Å². The third-order valence-electron chi connectivity index (χ3n) is 3.86. The molecule has 0 radical (unpaired) electrons. The van der Waals surface area contributed by atoms with Crippen molar-refractivity contribution in [3.63, 3.8) is 0 Å². The van der Waals surface area contributed by atoms with Crippen molar-refractivity contribution in [2.75, 3.05) is 17.6 Å². The number of imidazole rings is 1. The van der Waals surface area contributed by atoms with Crippen molar-refractivity contribution in [1.82, 2.24) is 9.38 Å². The Kier molecular flexibility index (Phi) is 5.10. The number of nitrogens with one attached hydrogen (secondary N) is 1. The minimum atomic E-state index is -0.0813. The number of aliphatic imine (C=N–C) groups is 1. The lowest BCUT2D eigenvalue weighted by atomic mass is 10.1. The van der Waals surface area contributed by atoms with Gasteiger partial charge in [0.05, 0.1) is 5.69 Å². The summed E-state index contributed by atoms with van der Waals surface area (Å²) in [5, 5.41) is 6.54. The van der Waals surface area contributed by atoms with Gasteiger partial charge in [0.2, 0.25) is 0 Å². The van der Waals surface area contributed by atoms with E-state index in [1.165, 1.54) is 17.4 Å². The van der Waals surface area contributed by atoms with Crippen molar-refractivity contribution >= 4 is 62.4 Å². The van der Waals surface area contributed by atoms with Gasteiger partial charge in [-0.1, -0.05) is 23.4 Å². The van der Waals surface area contributed by atoms with Crippen molar-refractivity contribution in [2.45, 2.75) is 6.42 Å². The molecule has 132 valence electrons. The molecule has 1 aromatic carbocycles. The summed E-state index contributed by atoms with van der Waals surface area (Å²) >= 11 is 9.36. The number of carbonyl (C=O) groups is 1. The Morgan fingerprint density at radius 2 is 2.15 bits per heavy atom. The lowest BCUT2D eigenvalue weighted by Gasteiger charge is -2.13. The Labute approximate surface area is 163 Å². The maximum absolute atomic E-state index is 12.4. The van der Waals surface area contributed by atoms with Gasteiger partial charge in [-0.3, -0.25) is 14.2 Å². The van der Waals surface area contributed by atoms with Gasteiger partial charge in [-0.25, -0.2) is 4.98 Å². The maximum Gasteiger partial charge on any atom is 0.195 e. The molecule has 0 saturated heterocycles. The molecule has 0 spiro atoms. The topological polar surface area (TPSA) is 58.8 Å². The molecule has 0 fully saturated rings. The minimum absolute atomic E-state index is 0.0813. The van der Waals surface area contributed by atoms with E-state index in [-0.39, 0.29) is 5.78 Å². The fourth-order valence-corrected chi connectivity index (χ4v) is 4.40. The number of amidine groups is 1. The SMILES string of the molecule is O=C(/C=C/c1c(Cl)nc2sccn12)c1ccc(NC2=NCCCS2)cc1. The molecule has 1 aliphatic heterocycles. The third kappa shape index (κ3) is 3.70. The van der Waals surface area contributed by atoms with E-state index in [0.29, 0.717) is 16.4 Å². The fourth-order valence-electron chi connectivity index (χ4n) is 2.55. The summed E-state index contributed by atoms with van der Waals surface area (Å²) in [4.78, 5) is 21.9. The molecule has 5 nitrogen and oxygen atoms in total. The number of anilines is 1. The van der Waals surface area contributed by atoms with Crippen LogP contribution in [-0.2, 0) is 0 Å². The van der Waals surface area contributed by atoms with Crippen LogP contribution in [0.3, 0.4) is 0 Å². The average Bonchev–Trinajstić information content (AvgIpc) is 3.22. The number of allylic oxidation sites excluding steroid dienone is 1. The molecule has 0 amide bonds. The number of fused-ring (bicyclic) bond motifs is 1. The second-order valence-electron chi connectivity index (χ2n) is 5.63. The number of benzene rings is 1. The van der Waals surface area contributed by atoms with Crippen LogP contribution in [0.1, 0.15) is 22.5 Å². The van der Waals surface area contributed by atoms with Crippen molar-refractivity contribution in [3.8, 4) is 0 Å². The van der Waals surface area contributed by atoms with Crippen LogP contribution in [0, 0.1) is 0 Å². The number of thiazole rings is 1. The van der Waals surface area contributed by atoms with E-state index in [2.05, 4.69) is 15.3 Å². The quantitative estimate of drug-likeness (QED) is 0.500. The molecule has 26 heavy (non-hydrogen) atoms. The second-order valence-corrected chi connectivity index (χ2v) is 7.95.